The molecule has 19 heavy (non-hydrogen) atoms. The maximum Gasteiger partial charge on any atom is 0.328 e. The first-order chi connectivity index (χ1) is 9.15. The first-order valence-electron chi connectivity index (χ1n) is 6.19. The third-order valence-corrected chi connectivity index (χ3v) is 3.48. The molecule has 1 aromatic carbocycles. The van der Waals surface area contributed by atoms with Gasteiger partial charge in [0.1, 0.15) is 11.9 Å². The molecule has 0 radical (unpaired) electrons. The summed E-state index contributed by atoms with van der Waals surface area (Å²) in [6, 6.07) is 5.54. The predicted molar refractivity (Wildman–Crippen MR) is 78.2 cm³/mol. The Labute approximate surface area is 120 Å². The van der Waals surface area contributed by atoms with Crippen LogP contribution in [0.5, 0.6) is 5.75 Å². The van der Waals surface area contributed by atoms with Gasteiger partial charge in [0.15, 0.2) is 0 Å². The van der Waals surface area contributed by atoms with Gasteiger partial charge in [0.2, 0.25) is 0 Å². The minimum absolute atomic E-state index is 0.130. The molecule has 1 aromatic rings. The van der Waals surface area contributed by atoms with Gasteiger partial charge < -0.3 is 9.84 Å². The van der Waals surface area contributed by atoms with Gasteiger partial charge in [-0.2, -0.15) is 0 Å². The summed E-state index contributed by atoms with van der Waals surface area (Å²) in [5.41, 5.74) is 0.820. The average Bonchev–Trinajstić information content (AvgIpc) is 2.40. The van der Waals surface area contributed by atoms with Crippen LogP contribution in [0.1, 0.15) is 24.8 Å². The molecule has 0 aromatic heterocycles. The molecule has 0 saturated carbocycles. The molecule has 1 atom stereocenters. The molecule has 1 unspecified atom stereocenters. The van der Waals surface area contributed by atoms with Crippen LogP contribution in [-0.2, 0) is 4.79 Å². The highest BCUT2D eigenvalue weighted by Gasteiger charge is 2.11. The summed E-state index contributed by atoms with van der Waals surface area (Å²) in [5.74, 6) is -0.173. The topological polar surface area (TPSA) is 46.5 Å². The van der Waals surface area contributed by atoms with Gasteiger partial charge in [-0.3, -0.25) is 0 Å². The lowest BCUT2D eigenvalue weighted by atomic mass is 10.1. The standard InChI is InChI=1S/C15H15BrO3/c16-13-10-11(7-9-15(17)18)6-8-14(13)19-12-4-2-1-3-5-12/h2,4,6-10,12H,1,3,5H2,(H,17,18)/b9-7+. The van der Waals surface area contributed by atoms with Gasteiger partial charge >= 0.3 is 5.97 Å². The van der Waals surface area contributed by atoms with Crippen LogP contribution in [0.15, 0.2) is 40.9 Å². The molecule has 1 N–H and O–H groups in total. The smallest absolute Gasteiger partial charge is 0.328 e. The van der Waals surface area contributed by atoms with Crippen LogP contribution in [0, 0.1) is 0 Å². The van der Waals surface area contributed by atoms with Crippen LogP contribution >= 0.6 is 15.9 Å². The van der Waals surface area contributed by atoms with Crippen LogP contribution in [0.25, 0.3) is 6.08 Å². The molecule has 3 nitrogen and oxygen atoms in total. The normalized spacial score (nSPS) is 18.7. The van der Waals surface area contributed by atoms with Crippen molar-refractivity contribution in [2.45, 2.75) is 25.4 Å². The largest absolute Gasteiger partial charge is 0.485 e. The Morgan fingerprint density at radius 1 is 1.47 bits per heavy atom. The van der Waals surface area contributed by atoms with Crippen molar-refractivity contribution < 1.29 is 14.6 Å². The number of ether oxygens (including phenoxy) is 1. The first-order valence-corrected chi connectivity index (χ1v) is 6.98. The second-order valence-electron chi connectivity index (χ2n) is 4.38. The predicted octanol–water partition coefficient (Wildman–Crippen LogP) is 4.03. The fourth-order valence-corrected chi connectivity index (χ4v) is 2.42. The zero-order valence-electron chi connectivity index (χ0n) is 10.4. The molecule has 4 heteroatoms. The molecule has 0 saturated heterocycles. The first kappa shape index (κ1) is 13.9. The molecule has 0 fully saturated rings. The van der Waals surface area contributed by atoms with E-state index < -0.39 is 5.97 Å². The van der Waals surface area contributed by atoms with E-state index >= 15 is 0 Å². The molecule has 0 amide bonds. The van der Waals surface area contributed by atoms with Gasteiger partial charge in [0.05, 0.1) is 4.47 Å². The van der Waals surface area contributed by atoms with E-state index in [1.807, 2.05) is 18.2 Å². The Bertz CT molecular complexity index is 520. The summed E-state index contributed by atoms with van der Waals surface area (Å²) in [5, 5.41) is 8.58. The summed E-state index contributed by atoms with van der Waals surface area (Å²) < 4.78 is 6.72. The summed E-state index contributed by atoms with van der Waals surface area (Å²) in [6.07, 6.45) is 10.3. The number of rotatable bonds is 4. The van der Waals surface area contributed by atoms with Crippen molar-refractivity contribution >= 4 is 28.0 Å². The van der Waals surface area contributed by atoms with E-state index in [1.54, 1.807) is 6.08 Å². The zero-order chi connectivity index (χ0) is 13.7. The zero-order valence-corrected chi connectivity index (χ0v) is 12.0. The van der Waals surface area contributed by atoms with Crippen LogP contribution in [0.2, 0.25) is 0 Å². The second-order valence-corrected chi connectivity index (χ2v) is 5.23. The Kier molecular flexibility index (Phi) is 4.80. The molecule has 0 bridgehead atoms. The Hall–Kier alpha value is -1.55. The van der Waals surface area contributed by atoms with Crippen molar-refractivity contribution in [3.63, 3.8) is 0 Å². The number of hydrogen-bond donors (Lipinski definition) is 1. The molecular weight excluding hydrogens is 308 g/mol. The van der Waals surface area contributed by atoms with Crippen molar-refractivity contribution in [2.24, 2.45) is 0 Å². The monoisotopic (exact) mass is 322 g/mol. The van der Waals surface area contributed by atoms with Crippen molar-refractivity contribution in [3.8, 4) is 5.75 Å². The number of aliphatic carboxylic acids is 1. The summed E-state index contributed by atoms with van der Waals surface area (Å²) in [7, 11) is 0. The van der Waals surface area contributed by atoms with Gasteiger partial charge in [-0.1, -0.05) is 12.1 Å². The van der Waals surface area contributed by atoms with Crippen molar-refractivity contribution in [1.82, 2.24) is 0 Å². The number of hydrogen-bond acceptors (Lipinski definition) is 2. The van der Waals surface area contributed by atoms with Gasteiger partial charge in [-0.05, 0) is 65.0 Å². The van der Waals surface area contributed by atoms with Crippen molar-refractivity contribution in [3.05, 3.63) is 46.5 Å². The third kappa shape index (κ3) is 4.24. The van der Waals surface area contributed by atoms with Crippen LogP contribution < -0.4 is 4.74 Å². The maximum atomic E-state index is 10.5. The number of halogens is 1. The van der Waals surface area contributed by atoms with Gasteiger partial charge in [-0.25, -0.2) is 4.79 Å². The summed E-state index contributed by atoms with van der Waals surface area (Å²) in [4.78, 5) is 10.5. The van der Waals surface area contributed by atoms with Gasteiger partial charge in [-0.15, -0.1) is 0 Å². The highest BCUT2D eigenvalue weighted by atomic mass is 79.9. The van der Waals surface area contributed by atoms with E-state index in [1.165, 1.54) is 0 Å². The number of carboxylic acid groups (broad SMARTS) is 1. The van der Waals surface area contributed by atoms with E-state index in [2.05, 4.69) is 28.1 Å². The van der Waals surface area contributed by atoms with Gasteiger partial charge in [0.25, 0.3) is 0 Å². The quantitative estimate of drug-likeness (QED) is 0.672. The molecule has 1 aliphatic carbocycles. The number of carbonyl (C=O) groups is 1. The van der Waals surface area contributed by atoms with E-state index in [9.17, 15) is 4.79 Å². The fourth-order valence-electron chi connectivity index (χ4n) is 1.93. The fraction of sp³-hybridized carbons (Fsp3) is 0.267. The molecular formula is C15H15BrO3. The Balaban J connectivity index is 2.08. The van der Waals surface area contributed by atoms with Crippen molar-refractivity contribution in [1.29, 1.82) is 0 Å². The van der Waals surface area contributed by atoms with E-state index in [0.717, 1.165) is 41.1 Å². The summed E-state index contributed by atoms with van der Waals surface area (Å²) in [6.45, 7) is 0. The SMILES string of the molecule is O=C(O)/C=C/c1ccc(OC2C=CCCC2)c(Br)c1. The number of allylic oxidation sites excluding steroid dienone is 1. The average molecular weight is 323 g/mol. The lowest BCUT2D eigenvalue weighted by molar-refractivity contribution is -0.131. The van der Waals surface area contributed by atoms with Crippen LogP contribution in [-0.4, -0.2) is 17.2 Å². The number of carboxylic acids is 1. The number of benzene rings is 1. The Morgan fingerprint density at radius 3 is 2.95 bits per heavy atom. The molecule has 1 aliphatic rings. The third-order valence-electron chi connectivity index (χ3n) is 2.86. The van der Waals surface area contributed by atoms with Crippen molar-refractivity contribution in [2.75, 3.05) is 0 Å². The lowest BCUT2D eigenvalue weighted by Crippen LogP contribution is -2.15. The Morgan fingerprint density at radius 2 is 2.32 bits per heavy atom. The molecule has 0 aliphatic heterocycles. The highest BCUT2D eigenvalue weighted by Crippen LogP contribution is 2.29. The second kappa shape index (κ2) is 6.57. The van der Waals surface area contributed by atoms with Gasteiger partial charge in [0, 0.05) is 6.08 Å². The lowest BCUT2D eigenvalue weighted by Gasteiger charge is -2.19. The van der Waals surface area contributed by atoms with E-state index in [-0.39, 0.29) is 6.10 Å². The summed E-state index contributed by atoms with van der Waals surface area (Å²) >= 11 is 3.45. The molecule has 2 rings (SSSR count). The minimum Gasteiger partial charge on any atom is -0.485 e. The van der Waals surface area contributed by atoms with Crippen LogP contribution in [0.4, 0.5) is 0 Å². The van der Waals surface area contributed by atoms with E-state index in [0.29, 0.717) is 0 Å². The van der Waals surface area contributed by atoms with E-state index in [4.69, 9.17) is 9.84 Å². The minimum atomic E-state index is -0.955. The molecule has 0 spiro atoms. The highest BCUT2D eigenvalue weighted by molar-refractivity contribution is 9.10. The molecule has 100 valence electrons. The van der Waals surface area contributed by atoms with Crippen LogP contribution in [0.3, 0.4) is 0 Å². The molecule has 0 heterocycles. The maximum absolute atomic E-state index is 10.5.